The molecule has 0 fully saturated rings. The van der Waals surface area contributed by atoms with Crippen LogP contribution in [0.25, 0.3) is 0 Å². The lowest BCUT2D eigenvalue weighted by Crippen LogP contribution is -1.87. The van der Waals surface area contributed by atoms with Gasteiger partial charge in [0, 0.05) is 0 Å². The molecule has 0 aromatic carbocycles. The van der Waals surface area contributed by atoms with E-state index in [1.807, 2.05) is 0 Å². The summed E-state index contributed by atoms with van der Waals surface area (Å²) in [5, 5.41) is 0. The Labute approximate surface area is 64.6 Å². The number of carbonyl (C=O) groups is 4. The van der Waals surface area contributed by atoms with E-state index < -0.39 is 0 Å². The fourth-order valence-electron chi connectivity index (χ4n) is 0.157. The van der Waals surface area contributed by atoms with Crippen LogP contribution in [0, 0.1) is 0 Å². The van der Waals surface area contributed by atoms with Crippen LogP contribution in [0.5, 0.6) is 0 Å². The zero-order chi connectivity index (χ0) is 9.11. The van der Waals surface area contributed by atoms with E-state index in [1.165, 1.54) is 6.92 Å². The third-order valence-electron chi connectivity index (χ3n) is 0.563. The highest BCUT2D eigenvalue weighted by atomic mass is 16.1. The number of rotatable bonds is 4. The molecule has 0 heterocycles. The smallest absolute Gasteiger partial charge is 0.136 e. The van der Waals surface area contributed by atoms with Crippen LogP contribution < -0.4 is 0 Å². The third kappa shape index (κ3) is 28.6. The van der Waals surface area contributed by atoms with Crippen molar-refractivity contribution in [1.82, 2.24) is 0 Å². The first kappa shape index (κ1) is 12.4. The first-order chi connectivity index (χ1) is 5.18. The highest BCUT2D eigenvalue weighted by Crippen LogP contribution is 1.69. The Bertz CT molecular complexity index is 133. The van der Waals surface area contributed by atoms with E-state index in [2.05, 4.69) is 0 Å². The van der Waals surface area contributed by atoms with Gasteiger partial charge in [-0.25, -0.2) is 0 Å². The van der Waals surface area contributed by atoms with Crippen LogP contribution in [0.15, 0.2) is 0 Å². The molecule has 0 aliphatic rings. The van der Waals surface area contributed by atoms with Crippen LogP contribution >= 0.6 is 0 Å². The molecule has 0 spiro atoms. The standard InChI is InChI=1S/C4H6O2.C3H4O2/c1-4(6)2-3-5;4-2-1-3-5/h3H,2H2,1H3;2-3H,1H2. The predicted molar refractivity (Wildman–Crippen MR) is 38.1 cm³/mol. The van der Waals surface area contributed by atoms with Gasteiger partial charge in [-0.15, -0.1) is 0 Å². The molecule has 0 bridgehead atoms. The molecule has 0 radical (unpaired) electrons. The number of ketones is 1. The molecule has 0 aliphatic carbocycles. The number of carbonyl (C=O) groups excluding carboxylic acids is 4. The van der Waals surface area contributed by atoms with Crippen LogP contribution in [-0.4, -0.2) is 24.6 Å². The van der Waals surface area contributed by atoms with Crippen molar-refractivity contribution in [3.8, 4) is 0 Å². The molecule has 0 saturated heterocycles. The van der Waals surface area contributed by atoms with Crippen molar-refractivity contribution in [2.24, 2.45) is 0 Å². The van der Waals surface area contributed by atoms with Crippen molar-refractivity contribution in [3.05, 3.63) is 0 Å². The van der Waals surface area contributed by atoms with Gasteiger partial charge in [0.05, 0.1) is 12.8 Å². The lowest BCUT2D eigenvalue weighted by Gasteiger charge is -1.71. The number of hydrogen-bond acceptors (Lipinski definition) is 4. The van der Waals surface area contributed by atoms with Crippen LogP contribution in [-0.2, 0) is 19.2 Å². The van der Waals surface area contributed by atoms with E-state index in [1.54, 1.807) is 0 Å². The van der Waals surface area contributed by atoms with Crippen LogP contribution in [0.1, 0.15) is 19.8 Å². The molecule has 0 atom stereocenters. The molecule has 4 nitrogen and oxygen atoms in total. The first-order valence-electron chi connectivity index (χ1n) is 2.99. The highest BCUT2D eigenvalue weighted by molar-refractivity contribution is 5.87. The normalized spacial score (nSPS) is 7.00. The molecule has 0 N–H and O–H groups in total. The summed E-state index contributed by atoms with van der Waals surface area (Å²) in [6.07, 6.45) is 1.81. The summed E-state index contributed by atoms with van der Waals surface area (Å²) in [5.41, 5.74) is 0. The highest BCUT2D eigenvalue weighted by Gasteiger charge is 1.83. The minimum Gasteiger partial charge on any atom is -0.303 e. The molecule has 0 aliphatic heterocycles. The predicted octanol–water partition coefficient (Wildman–Crippen LogP) is -0.0613. The van der Waals surface area contributed by atoms with Gasteiger partial charge in [-0.2, -0.15) is 0 Å². The largest absolute Gasteiger partial charge is 0.303 e. The Hall–Kier alpha value is -1.32. The van der Waals surface area contributed by atoms with Gasteiger partial charge in [-0.3, -0.25) is 4.79 Å². The molecule has 0 amide bonds. The molecule has 0 unspecified atom stereocenters. The van der Waals surface area contributed by atoms with Gasteiger partial charge in [0.25, 0.3) is 0 Å². The van der Waals surface area contributed by atoms with E-state index in [4.69, 9.17) is 0 Å². The molecular weight excluding hydrogens is 148 g/mol. The molecule has 0 saturated carbocycles. The van der Waals surface area contributed by atoms with Crippen molar-refractivity contribution in [2.45, 2.75) is 19.8 Å². The molecule has 4 heteroatoms. The van der Waals surface area contributed by atoms with Crippen molar-refractivity contribution in [1.29, 1.82) is 0 Å². The molecule has 0 aromatic rings. The summed E-state index contributed by atoms with van der Waals surface area (Å²) in [5.74, 6) is -0.0787. The Morgan fingerprint density at radius 3 is 1.55 bits per heavy atom. The van der Waals surface area contributed by atoms with Crippen LogP contribution in [0.4, 0.5) is 0 Å². The lowest BCUT2D eigenvalue weighted by molar-refractivity contribution is -0.120. The Balaban J connectivity index is 0. The maximum atomic E-state index is 9.81. The summed E-state index contributed by atoms with van der Waals surface area (Å²) in [6, 6.07) is 0. The van der Waals surface area contributed by atoms with Crippen LogP contribution in [0.2, 0.25) is 0 Å². The average molecular weight is 158 g/mol. The molecule has 0 rings (SSSR count). The zero-order valence-corrected chi connectivity index (χ0v) is 6.28. The number of Topliss-reactive ketones (excluding diaryl/α,β-unsaturated/α-hetero) is 1. The van der Waals surface area contributed by atoms with Gasteiger partial charge >= 0.3 is 0 Å². The quantitative estimate of drug-likeness (QED) is 0.424. The van der Waals surface area contributed by atoms with Crippen molar-refractivity contribution < 1.29 is 19.2 Å². The van der Waals surface area contributed by atoms with E-state index in [-0.39, 0.29) is 18.6 Å². The Kier molecular flexibility index (Phi) is 12.9. The summed E-state index contributed by atoms with van der Waals surface area (Å²) in [4.78, 5) is 37.6. The van der Waals surface area contributed by atoms with E-state index in [0.717, 1.165) is 0 Å². The monoisotopic (exact) mass is 158 g/mol. The van der Waals surface area contributed by atoms with Crippen molar-refractivity contribution >= 4 is 24.6 Å². The topological polar surface area (TPSA) is 68.3 Å². The number of hydrogen-bond donors (Lipinski definition) is 0. The SMILES string of the molecule is CC(=O)CC=O.O=CCC=O. The first-order valence-corrected chi connectivity index (χ1v) is 2.99. The van der Waals surface area contributed by atoms with E-state index in [9.17, 15) is 19.2 Å². The zero-order valence-electron chi connectivity index (χ0n) is 6.28. The van der Waals surface area contributed by atoms with E-state index in [0.29, 0.717) is 18.9 Å². The van der Waals surface area contributed by atoms with Gasteiger partial charge in [0.2, 0.25) is 0 Å². The molecule has 0 aromatic heterocycles. The minimum absolute atomic E-state index is 0.0278. The maximum absolute atomic E-state index is 9.81. The lowest BCUT2D eigenvalue weighted by atomic mass is 10.3. The van der Waals surface area contributed by atoms with Gasteiger partial charge in [-0.1, -0.05) is 0 Å². The van der Waals surface area contributed by atoms with Gasteiger partial charge in [0.15, 0.2) is 0 Å². The summed E-state index contributed by atoms with van der Waals surface area (Å²) in [6.45, 7) is 1.38. The summed E-state index contributed by atoms with van der Waals surface area (Å²) in [7, 11) is 0. The fourth-order valence-corrected chi connectivity index (χ4v) is 0.157. The van der Waals surface area contributed by atoms with Gasteiger partial charge in [-0.05, 0) is 6.92 Å². The second-order valence-corrected chi connectivity index (χ2v) is 1.64. The van der Waals surface area contributed by atoms with Crippen LogP contribution in [0.3, 0.4) is 0 Å². The molecule has 11 heavy (non-hydrogen) atoms. The number of aldehydes is 3. The van der Waals surface area contributed by atoms with Gasteiger partial charge in [0.1, 0.15) is 24.6 Å². The minimum atomic E-state index is -0.0787. The van der Waals surface area contributed by atoms with Crippen molar-refractivity contribution in [3.63, 3.8) is 0 Å². The maximum Gasteiger partial charge on any atom is 0.136 e. The van der Waals surface area contributed by atoms with Crippen molar-refractivity contribution in [2.75, 3.05) is 0 Å². The summed E-state index contributed by atoms with van der Waals surface area (Å²) < 4.78 is 0. The van der Waals surface area contributed by atoms with Gasteiger partial charge < -0.3 is 14.4 Å². The second-order valence-electron chi connectivity index (χ2n) is 1.64. The molecular formula is C7H10O4. The second kappa shape index (κ2) is 11.5. The van der Waals surface area contributed by atoms with E-state index >= 15 is 0 Å². The molecule has 62 valence electrons. The Morgan fingerprint density at radius 2 is 1.55 bits per heavy atom. The third-order valence-corrected chi connectivity index (χ3v) is 0.563. The summed E-state index contributed by atoms with van der Waals surface area (Å²) >= 11 is 0. The average Bonchev–Trinajstić information content (AvgIpc) is 1.90. The Morgan fingerprint density at radius 1 is 1.09 bits per heavy atom. The fraction of sp³-hybridized carbons (Fsp3) is 0.429.